The number of nitrogens with one attached hydrogen (secondary N) is 1. The molecule has 0 radical (unpaired) electrons. The van der Waals surface area contributed by atoms with Gasteiger partial charge in [0, 0.05) is 30.1 Å². The standard InChI is InChI=1S/C15H16N2O3/c1-3-20-15(19)13-8-11-10-6-7-17(9(2)18)14(10)5-4-12(11)16-13/h4-5,8,16H,3,6-7H2,1-2H3. The number of carbonyl (C=O) groups excluding carboxylic acids is 2. The second kappa shape index (κ2) is 4.67. The van der Waals surface area contributed by atoms with Crippen molar-refractivity contribution in [2.24, 2.45) is 0 Å². The molecule has 3 rings (SSSR count). The lowest BCUT2D eigenvalue weighted by atomic mass is 10.1. The molecular formula is C15H16N2O3. The number of hydrogen-bond acceptors (Lipinski definition) is 3. The van der Waals surface area contributed by atoms with Gasteiger partial charge in [0.2, 0.25) is 5.91 Å². The highest BCUT2D eigenvalue weighted by molar-refractivity contribution is 6.02. The molecule has 0 spiro atoms. The maximum Gasteiger partial charge on any atom is 0.354 e. The summed E-state index contributed by atoms with van der Waals surface area (Å²) in [6.07, 6.45) is 0.812. The van der Waals surface area contributed by atoms with Crippen LogP contribution in [0, 0.1) is 0 Å². The molecule has 1 N–H and O–H groups in total. The fourth-order valence-corrected chi connectivity index (χ4v) is 2.76. The lowest BCUT2D eigenvalue weighted by Gasteiger charge is -2.14. The highest BCUT2D eigenvalue weighted by Crippen LogP contribution is 2.34. The third kappa shape index (κ3) is 1.86. The van der Waals surface area contributed by atoms with E-state index in [-0.39, 0.29) is 11.9 Å². The maximum absolute atomic E-state index is 11.8. The van der Waals surface area contributed by atoms with Crippen molar-refractivity contribution in [1.29, 1.82) is 0 Å². The fourth-order valence-electron chi connectivity index (χ4n) is 2.76. The van der Waals surface area contributed by atoms with Crippen LogP contribution in [-0.2, 0) is 16.0 Å². The molecule has 0 fully saturated rings. The Morgan fingerprint density at radius 2 is 2.20 bits per heavy atom. The monoisotopic (exact) mass is 272 g/mol. The number of aromatic nitrogens is 1. The molecule has 0 unspecified atom stereocenters. The first kappa shape index (κ1) is 12.7. The molecule has 0 saturated heterocycles. The number of nitrogens with zero attached hydrogens (tertiary/aromatic N) is 1. The molecule has 1 amide bonds. The summed E-state index contributed by atoms with van der Waals surface area (Å²) < 4.78 is 5.00. The SMILES string of the molecule is CCOC(=O)c1cc2c3c(ccc2[nH]1)N(C(C)=O)CC3. The van der Waals surface area contributed by atoms with Crippen LogP contribution in [0.25, 0.3) is 10.9 Å². The molecule has 1 aromatic heterocycles. The Balaban J connectivity index is 2.08. The summed E-state index contributed by atoms with van der Waals surface area (Å²) >= 11 is 0. The number of rotatable bonds is 2. The third-order valence-electron chi connectivity index (χ3n) is 3.64. The van der Waals surface area contributed by atoms with Crippen LogP contribution in [0.5, 0.6) is 0 Å². The van der Waals surface area contributed by atoms with Crippen LogP contribution in [0.15, 0.2) is 18.2 Å². The summed E-state index contributed by atoms with van der Waals surface area (Å²) in [6, 6.07) is 5.64. The minimum Gasteiger partial charge on any atom is -0.461 e. The van der Waals surface area contributed by atoms with E-state index in [1.807, 2.05) is 18.2 Å². The van der Waals surface area contributed by atoms with Gasteiger partial charge >= 0.3 is 5.97 Å². The first-order valence-electron chi connectivity index (χ1n) is 6.71. The number of anilines is 1. The minimum absolute atomic E-state index is 0.0456. The number of carbonyl (C=O) groups is 2. The molecule has 5 heteroatoms. The Hall–Kier alpha value is -2.30. The highest BCUT2D eigenvalue weighted by Gasteiger charge is 2.25. The molecule has 0 atom stereocenters. The molecule has 0 aliphatic carbocycles. The molecule has 1 aliphatic rings. The van der Waals surface area contributed by atoms with E-state index in [9.17, 15) is 9.59 Å². The summed E-state index contributed by atoms with van der Waals surface area (Å²) in [6.45, 7) is 4.40. The van der Waals surface area contributed by atoms with E-state index in [0.717, 1.165) is 28.6 Å². The zero-order chi connectivity index (χ0) is 14.3. The van der Waals surface area contributed by atoms with E-state index >= 15 is 0 Å². The van der Waals surface area contributed by atoms with Gasteiger partial charge in [0.15, 0.2) is 0 Å². The van der Waals surface area contributed by atoms with Crippen molar-refractivity contribution >= 4 is 28.5 Å². The zero-order valence-corrected chi connectivity index (χ0v) is 11.5. The fraction of sp³-hybridized carbons (Fsp3) is 0.333. The van der Waals surface area contributed by atoms with Crippen molar-refractivity contribution in [3.63, 3.8) is 0 Å². The molecule has 2 aromatic rings. The molecule has 2 heterocycles. The van der Waals surface area contributed by atoms with E-state index in [1.165, 1.54) is 0 Å². The normalized spacial score (nSPS) is 13.6. The van der Waals surface area contributed by atoms with E-state index in [0.29, 0.717) is 18.8 Å². The minimum atomic E-state index is -0.348. The quantitative estimate of drug-likeness (QED) is 0.853. The lowest BCUT2D eigenvalue weighted by Crippen LogP contribution is -2.25. The third-order valence-corrected chi connectivity index (χ3v) is 3.64. The van der Waals surface area contributed by atoms with Gasteiger partial charge in [-0.15, -0.1) is 0 Å². The zero-order valence-electron chi connectivity index (χ0n) is 11.5. The number of amides is 1. The maximum atomic E-state index is 11.8. The van der Waals surface area contributed by atoms with E-state index in [1.54, 1.807) is 18.7 Å². The van der Waals surface area contributed by atoms with Crippen molar-refractivity contribution in [1.82, 2.24) is 4.98 Å². The number of fused-ring (bicyclic) bond motifs is 3. The van der Waals surface area contributed by atoms with Crippen LogP contribution in [0.2, 0.25) is 0 Å². The molecule has 0 bridgehead atoms. The van der Waals surface area contributed by atoms with Crippen molar-refractivity contribution in [3.05, 3.63) is 29.5 Å². The predicted octanol–water partition coefficient (Wildman–Crippen LogP) is 2.25. The Labute approximate surface area is 116 Å². The van der Waals surface area contributed by atoms with Crippen molar-refractivity contribution in [3.8, 4) is 0 Å². The molecule has 104 valence electrons. The van der Waals surface area contributed by atoms with Crippen LogP contribution in [-0.4, -0.2) is 30.0 Å². The van der Waals surface area contributed by atoms with Gasteiger partial charge in [-0.1, -0.05) is 0 Å². The van der Waals surface area contributed by atoms with E-state index in [4.69, 9.17) is 4.74 Å². The van der Waals surface area contributed by atoms with Crippen LogP contribution in [0.3, 0.4) is 0 Å². The van der Waals surface area contributed by atoms with Gasteiger partial charge in [0.25, 0.3) is 0 Å². The van der Waals surface area contributed by atoms with Gasteiger partial charge in [-0.25, -0.2) is 4.79 Å². The number of H-pyrrole nitrogens is 1. The Morgan fingerprint density at radius 1 is 1.40 bits per heavy atom. The van der Waals surface area contributed by atoms with Gasteiger partial charge in [0.05, 0.1) is 6.61 Å². The Morgan fingerprint density at radius 3 is 2.90 bits per heavy atom. The van der Waals surface area contributed by atoms with Crippen LogP contribution in [0.1, 0.15) is 29.9 Å². The first-order valence-corrected chi connectivity index (χ1v) is 6.71. The second-order valence-corrected chi connectivity index (χ2v) is 4.85. The van der Waals surface area contributed by atoms with Gasteiger partial charge in [-0.05, 0) is 37.1 Å². The van der Waals surface area contributed by atoms with Crippen molar-refractivity contribution in [2.45, 2.75) is 20.3 Å². The Kier molecular flexibility index (Phi) is 2.97. The summed E-state index contributed by atoms with van der Waals surface area (Å²) in [5.41, 5.74) is 3.41. The van der Waals surface area contributed by atoms with Gasteiger partial charge < -0.3 is 14.6 Å². The molecule has 0 saturated carbocycles. The number of benzene rings is 1. The van der Waals surface area contributed by atoms with E-state index in [2.05, 4.69) is 4.98 Å². The molecule has 20 heavy (non-hydrogen) atoms. The Bertz CT molecular complexity index is 702. The van der Waals surface area contributed by atoms with Gasteiger partial charge in [0.1, 0.15) is 5.69 Å². The predicted molar refractivity (Wildman–Crippen MR) is 76.0 cm³/mol. The van der Waals surface area contributed by atoms with Gasteiger partial charge in [-0.3, -0.25) is 4.79 Å². The van der Waals surface area contributed by atoms with Gasteiger partial charge in [-0.2, -0.15) is 0 Å². The number of ether oxygens (including phenoxy) is 1. The van der Waals surface area contributed by atoms with E-state index < -0.39 is 0 Å². The summed E-state index contributed by atoms with van der Waals surface area (Å²) in [5.74, 6) is -0.303. The highest BCUT2D eigenvalue weighted by atomic mass is 16.5. The second-order valence-electron chi connectivity index (χ2n) is 4.85. The average Bonchev–Trinajstić information content (AvgIpc) is 3.01. The smallest absolute Gasteiger partial charge is 0.354 e. The van der Waals surface area contributed by atoms with Crippen LogP contribution in [0.4, 0.5) is 5.69 Å². The molecule has 5 nitrogen and oxygen atoms in total. The van der Waals surface area contributed by atoms with Crippen LogP contribution < -0.4 is 4.90 Å². The number of aromatic amines is 1. The summed E-state index contributed by atoms with van der Waals surface area (Å²) in [5, 5.41) is 0.995. The number of esters is 1. The molecular weight excluding hydrogens is 256 g/mol. The summed E-state index contributed by atoms with van der Waals surface area (Å²) in [4.78, 5) is 28.2. The van der Waals surface area contributed by atoms with Crippen LogP contribution >= 0.6 is 0 Å². The lowest BCUT2D eigenvalue weighted by molar-refractivity contribution is -0.116. The summed E-state index contributed by atoms with van der Waals surface area (Å²) in [7, 11) is 0. The topological polar surface area (TPSA) is 62.4 Å². The molecule has 1 aliphatic heterocycles. The average molecular weight is 272 g/mol. The first-order chi connectivity index (χ1) is 9.61. The van der Waals surface area contributed by atoms with Crippen molar-refractivity contribution < 1.29 is 14.3 Å². The van der Waals surface area contributed by atoms with Crippen molar-refractivity contribution in [2.75, 3.05) is 18.1 Å². The largest absolute Gasteiger partial charge is 0.461 e. The number of hydrogen-bond donors (Lipinski definition) is 1. The molecule has 1 aromatic carbocycles.